The van der Waals surface area contributed by atoms with E-state index in [1.54, 1.807) is 0 Å². The molecule has 0 saturated carbocycles. The quantitative estimate of drug-likeness (QED) is 0.591. The highest BCUT2D eigenvalue weighted by Gasteiger charge is 2.46. The average molecular weight is 324 g/mol. The Hall–Kier alpha value is -0.100. The van der Waals surface area contributed by atoms with Crippen LogP contribution in [0.25, 0.3) is 0 Å². The van der Waals surface area contributed by atoms with Crippen molar-refractivity contribution < 1.29 is 14.3 Å². The van der Waals surface area contributed by atoms with Crippen molar-refractivity contribution in [2.24, 2.45) is 5.41 Å². The van der Waals surface area contributed by atoms with Crippen molar-refractivity contribution in [1.29, 1.82) is 0 Å². The molecule has 3 nitrogen and oxygen atoms in total. The smallest absolute Gasteiger partial charge is 0.318 e. The van der Waals surface area contributed by atoms with Crippen molar-refractivity contribution in [2.75, 3.05) is 20.3 Å². The van der Waals surface area contributed by atoms with Crippen molar-refractivity contribution in [3.05, 3.63) is 9.15 Å². The van der Waals surface area contributed by atoms with Crippen molar-refractivity contribution in [3.8, 4) is 0 Å². The van der Waals surface area contributed by atoms with Gasteiger partial charge in [0.2, 0.25) is 0 Å². The van der Waals surface area contributed by atoms with Crippen LogP contribution in [0.3, 0.4) is 0 Å². The number of rotatable bonds is 3. The van der Waals surface area contributed by atoms with Crippen LogP contribution in [0, 0.1) is 5.41 Å². The number of allylic oxidation sites excluding steroid dienone is 1. The number of esters is 1. The maximum absolute atomic E-state index is 11.9. The van der Waals surface area contributed by atoms with Crippen LogP contribution in [0.5, 0.6) is 0 Å². The average Bonchev–Trinajstić information content (AvgIpc) is 2.71. The fourth-order valence-electron chi connectivity index (χ4n) is 1.94. The first-order valence-corrected chi connectivity index (χ1v) is 6.24. The molecule has 1 heterocycles. The Balaban J connectivity index is 3.13. The zero-order chi connectivity index (χ0) is 11.5. The Labute approximate surface area is 104 Å². The normalized spacial score (nSPS) is 29.1. The van der Waals surface area contributed by atoms with Gasteiger partial charge in [0.15, 0.2) is 0 Å². The maximum atomic E-state index is 11.9. The van der Waals surface area contributed by atoms with E-state index in [4.69, 9.17) is 9.47 Å². The summed E-state index contributed by atoms with van der Waals surface area (Å²) in [5, 5.41) is 0. The van der Waals surface area contributed by atoms with Gasteiger partial charge >= 0.3 is 5.97 Å². The van der Waals surface area contributed by atoms with E-state index in [1.807, 2.05) is 6.92 Å². The van der Waals surface area contributed by atoms with Crippen molar-refractivity contribution >= 4 is 28.6 Å². The number of hydrogen-bond donors (Lipinski definition) is 0. The number of hydrogen-bond acceptors (Lipinski definition) is 3. The third-order valence-electron chi connectivity index (χ3n) is 2.99. The molecule has 0 bridgehead atoms. The van der Waals surface area contributed by atoms with Gasteiger partial charge in [-0.3, -0.25) is 4.79 Å². The SMILES string of the molecule is CC/C(I)=C1\COCC1(CC)C(=O)OC. The predicted octanol–water partition coefficient (Wildman–Crippen LogP) is 2.69. The molecular weight excluding hydrogens is 307 g/mol. The van der Waals surface area contributed by atoms with Crippen LogP contribution in [0.15, 0.2) is 9.15 Å². The number of ether oxygens (including phenoxy) is 2. The lowest BCUT2D eigenvalue weighted by Gasteiger charge is -2.25. The molecule has 0 amide bonds. The Kier molecular flexibility index (Phi) is 4.58. The third-order valence-corrected chi connectivity index (χ3v) is 4.40. The van der Waals surface area contributed by atoms with Gasteiger partial charge in [-0.25, -0.2) is 0 Å². The largest absolute Gasteiger partial charge is 0.468 e. The van der Waals surface area contributed by atoms with Crippen LogP contribution in [0.4, 0.5) is 0 Å². The summed E-state index contributed by atoms with van der Waals surface area (Å²) in [6.45, 7) is 5.11. The van der Waals surface area contributed by atoms with Gasteiger partial charge in [0.1, 0.15) is 5.41 Å². The van der Waals surface area contributed by atoms with E-state index in [0.29, 0.717) is 13.2 Å². The first-order valence-electron chi connectivity index (χ1n) is 5.16. The highest BCUT2D eigenvalue weighted by Crippen LogP contribution is 2.42. The molecule has 1 unspecified atom stereocenters. The van der Waals surface area contributed by atoms with Crippen LogP contribution < -0.4 is 0 Å². The zero-order valence-corrected chi connectivity index (χ0v) is 11.6. The lowest BCUT2D eigenvalue weighted by Crippen LogP contribution is -2.34. The molecule has 1 fully saturated rings. The highest BCUT2D eigenvalue weighted by molar-refractivity contribution is 14.1. The van der Waals surface area contributed by atoms with E-state index >= 15 is 0 Å². The Morgan fingerprint density at radius 2 is 2.27 bits per heavy atom. The number of methoxy groups -OCH3 is 1. The van der Waals surface area contributed by atoms with Gasteiger partial charge in [-0.1, -0.05) is 13.8 Å². The van der Waals surface area contributed by atoms with Crippen molar-refractivity contribution in [1.82, 2.24) is 0 Å². The molecule has 1 atom stereocenters. The molecule has 0 aliphatic carbocycles. The highest BCUT2D eigenvalue weighted by atomic mass is 127. The Morgan fingerprint density at radius 3 is 2.73 bits per heavy atom. The first kappa shape index (κ1) is 13.0. The third kappa shape index (κ3) is 2.20. The minimum atomic E-state index is -0.527. The summed E-state index contributed by atoms with van der Waals surface area (Å²) in [6.07, 6.45) is 1.68. The number of halogens is 1. The van der Waals surface area contributed by atoms with E-state index in [2.05, 4.69) is 29.5 Å². The minimum Gasteiger partial charge on any atom is -0.468 e. The van der Waals surface area contributed by atoms with Gasteiger partial charge < -0.3 is 9.47 Å². The van der Waals surface area contributed by atoms with E-state index in [9.17, 15) is 4.79 Å². The molecule has 0 aromatic rings. The topological polar surface area (TPSA) is 35.5 Å². The van der Waals surface area contributed by atoms with Crippen LogP contribution in [0.2, 0.25) is 0 Å². The van der Waals surface area contributed by atoms with E-state index in [0.717, 1.165) is 18.4 Å². The van der Waals surface area contributed by atoms with Crippen molar-refractivity contribution in [2.45, 2.75) is 26.7 Å². The minimum absolute atomic E-state index is 0.167. The van der Waals surface area contributed by atoms with E-state index < -0.39 is 5.41 Å². The molecule has 86 valence electrons. The van der Waals surface area contributed by atoms with Gasteiger partial charge in [0, 0.05) is 0 Å². The standard InChI is InChI=1S/C11H17IO3/c1-4-9(12)8-6-15-7-11(8,5-2)10(13)14-3/h4-7H2,1-3H3/b9-8-. The summed E-state index contributed by atoms with van der Waals surface area (Å²) in [4.78, 5) is 11.9. The number of carbonyl (C=O) groups is 1. The summed E-state index contributed by atoms with van der Waals surface area (Å²) in [7, 11) is 1.44. The molecule has 1 saturated heterocycles. The second-order valence-corrected chi connectivity index (χ2v) is 4.96. The van der Waals surface area contributed by atoms with Gasteiger partial charge in [0.25, 0.3) is 0 Å². The molecular formula is C11H17IO3. The van der Waals surface area contributed by atoms with Crippen molar-refractivity contribution in [3.63, 3.8) is 0 Å². The monoisotopic (exact) mass is 324 g/mol. The summed E-state index contributed by atoms with van der Waals surface area (Å²) in [5.74, 6) is -0.167. The van der Waals surface area contributed by atoms with Gasteiger partial charge in [-0.05, 0) is 44.6 Å². The number of carbonyl (C=O) groups excluding carboxylic acids is 1. The van der Waals surface area contributed by atoms with Crippen LogP contribution in [0.1, 0.15) is 26.7 Å². The van der Waals surface area contributed by atoms with Crippen LogP contribution >= 0.6 is 22.6 Å². The van der Waals surface area contributed by atoms with Gasteiger partial charge in [0.05, 0.1) is 20.3 Å². The lowest BCUT2D eigenvalue weighted by molar-refractivity contribution is -0.151. The van der Waals surface area contributed by atoms with Crippen LogP contribution in [-0.2, 0) is 14.3 Å². The molecule has 0 aromatic carbocycles. The van der Waals surface area contributed by atoms with Gasteiger partial charge in [-0.15, -0.1) is 0 Å². The van der Waals surface area contributed by atoms with E-state index in [-0.39, 0.29) is 5.97 Å². The molecule has 1 rings (SSSR count). The second-order valence-electron chi connectivity index (χ2n) is 3.66. The Bertz CT molecular complexity index is 286. The maximum Gasteiger partial charge on any atom is 0.318 e. The molecule has 0 aromatic heterocycles. The molecule has 0 radical (unpaired) electrons. The van der Waals surface area contributed by atoms with Crippen LogP contribution in [-0.4, -0.2) is 26.3 Å². The second kappa shape index (κ2) is 5.30. The molecule has 0 spiro atoms. The zero-order valence-electron chi connectivity index (χ0n) is 9.43. The predicted molar refractivity (Wildman–Crippen MR) is 66.9 cm³/mol. The molecule has 1 aliphatic heterocycles. The van der Waals surface area contributed by atoms with Gasteiger partial charge in [-0.2, -0.15) is 0 Å². The lowest BCUT2D eigenvalue weighted by atomic mass is 9.80. The Morgan fingerprint density at radius 1 is 1.60 bits per heavy atom. The summed E-state index contributed by atoms with van der Waals surface area (Å²) < 4.78 is 11.6. The van der Waals surface area contributed by atoms with E-state index in [1.165, 1.54) is 10.7 Å². The summed E-state index contributed by atoms with van der Waals surface area (Å²) in [6, 6.07) is 0. The molecule has 15 heavy (non-hydrogen) atoms. The first-order chi connectivity index (χ1) is 7.12. The fraction of sp³-hybridized carbons (Fsp3) is 0.727. The fourth-order valence-corrected chi connectivity index (χ4v) is 2.61. The molecule has 0 N–H and O–H groups in total. The molecule has 4 heteroatoms. The molecule has 1 aliphatic rings. The summed E-state index contributed by atoms with van der Waals surface area (Å²) >= 11 is 2.30. The summed E-state index contributed by atoms with van der Waals surface area (Å²) in [5.41, 5.74) is 0.585.